The fourth-order valence-corrected chi connectivity index (χ4v) is 3.06. The van der Waals surface area contributed by atoms with Gasteiger partial charge in [0.1, 0.15) is 0 Å². The van der Waals surface area contributed by atoms with E-state index in [4.69, 9.17) is 0 Å². The normalized spacial score (nSPS) is 28.6. The van der Waals surface area contributed by atoms with Gasteiger partial charge in [-0.15, -0.1) is 0 Å². The molecule has 2 unspecified atom stereocenters. The third kappa shape index (κ3) is 2.88. The number of hydrogen-bond donors (Lipinski definition) is 0. The first kappa shape index (κ1) is 12.2. The van der Waals surface area contributed by atoms with Crippen molar-refractivity contribution in [2.24, 2.45) is 11.3 Å². The molecule has 1 aromatic carbocycles. The van der Waals surface area contributed by atoms with Crippen LogP contribution in [0, 0.1) is 29.6 Å². The van der Waals surface area contributed by atoms with Gasteiger partial charge in [-0.05, 0) is 37.7 Å². The van der Waals surface area contributed by atoms with Crippen molar-refractivity contribution in [2.75, 3.05) is 0 Å². The zero-order chi connectivity index (χ0) is 12.3. The smallest absolute Gasteiger partial charge is 0.0693 e. The molecular weight excluding hydrogens is 206 g/mol. The van der Waals surface area contributed by atoms with Gasteiger partial charge < -0.3 is 0 Å². The van der Waals surface area contributed by atoms with Crippen LogP contribution in [0.2, 0.25) is 0 Å². The molecular formula is C16H21N. The average Bonchev–Trinajstić information content (AvgIpc) is 2.32. The Hall–Kier alpha value is -1.29. The molecule has 0 N–H and O–H groups in total. The van der Waals surface area contributed by atoms with Gasteiger partial charge >= 0.3 is 0 Å². The van der Waals surface area contributed by atoms with Crippen molar-refractivity contribution in [3.05, 3.63) is 35.4 Å². The largest absolute Gasteiger partial charge is 0.198 e. The van der Waals surface area contributed by atoms with Crippen LogP contribution in [0.5, 0.6) is 0 Å². The second-order valence-electron chi connectivity index (χ2n) is 5.76. The molecule has 0 saturated heterocycles. The van der Waals surface area contributed by atoms with E-state index in [2.05, 4.69) is 44.2 Å². The Morgan fingerprint density at radius 1 is 1.35 bits per heavy atom. The molecule has 1 fully saturated rings. The van der Waals surface area contributed by atoms with Crippen LogP contribution < -0.4 is 0 Å². The molecule has 2 rings (SSSR count). The molecule has 1 aliphatic rings. The van der Waals surface area contributed by atoms with Crippen molar-refractivity contribution in [2.45, 2.75) is 46.0 Å². The minimum Gasteiger partial charge on any atom is -0.198 e. The van der Waals surface area contributed by atoms with E-state index < -0.39 is 0 Å². The molecule has 0 radical (unpaired) electrons. The Morgan fingerprint density at radius 3 is 2.65 bits per heavy atom. The zero-order valence-corrected chi connectivity index (χ0v) is 10.9. The van der Waals surface area contributed by atoms with Crippen molar-refractivity contribution in [3.63, 3.8) is 0 Å². The van der Waals surface area contributed by atoms with Gasteiger partial charge in [0, 0.05) is 0 Å². The first-order valence-corrected chi connectivity index (χ1v) is 6.60. The molecule has 1 nitrogen and oxygen atoms in total. The van der Waals surface area contributed by atoms with Gasteiger partial charge in [-0.25, -0.2) is 0 Å². The van der Waals surface area contributed by atoms with E-state index in [1.807, 2.05) is 0 Å². The summed E-state index contributed by atoms with van der Waals surface area (Å²) in [5, 5.41) is 9.53. The third-order valence-electron chi connectivity index (χ3n) is 3.99. The van der Waals surface area contributed by atoms with Crippen molar-refractivity contribution in [1.29, 1.82) is 5.26 Å². The SMILES string of the molecule is Cc1ccc(CC2(C#N)CCCC(C)C2)cc1. The maximum Gasteiger partial charge on any atom is 0.0693 e. The fourth-order valence-electron chi connectivity index (χ4n) is 3.06. The Labute approximate surface area is 104 Å². The summed E-state index contributed by atoms with van der Waals surface area (Å²) in [5.41, 5.74) is 2.50. The summed E-state index contributed by atoms with van der Waals surface area (Å²) in [7, 11) is 0. The molecule has 1 saturated carbocycles. The summed E-state index contributed by atoms with van der Waals surface area (Å²) in [4.78, 5) is 0. The third-order valence-corrected chi connectivity index (χ3v) is 3.99. The summed E-state index contributed by atoms with van der Waals surface area (Å²) in [6.07, 6.45) is 5.56. The summed E-state index contributed by atoms with van der Waals surface area (Å²) in [5.74, 6) is 0.703. The summed E-state index contributed by atoms with van der Waals surface area (Å²) >= 11 is 0. The van der Waals surface area contributed by atoms with Gasteiger partial charge in [-0.3, -0.25) is 0 Å². The second-order valence-corrected chi connectivity index (χ2v) is 5.76. The minimum absolute atomic E-state index is 0.104. The van der Waals surface area contributed by atoms with E-state index in [0.717, 1.165) is 19.3 Å². The maximum atomic E-state index is 9.53. The van der Waals surface area contributed by atoms with E-state index in [1.165, 1.54) is 24.0 Å². The van der Waals surface area contributed by atoms with Crippen LogP contribution in [-0.4, -0.2) is 0 Å². The van der Waals surface area contributed by atoms with Gasteiger partial charge in [-0.1, -0.05) is 49.6 Å². The fraction of sp³-hybridized carbons (Fsp3) is 0.562. The lowest BCUT2D eigenvalue weighted by molar-refractivity contribution is 0.209. The lowest BCUT2D eigenvalue weighted by Gasteiger charge is -2.34. The molecule has 0 amide bonds. The highest BCUT2D eigenvalue weighted by Crippen LogP contribution is 2.41. The maximum absolute atomic E-state index is 9.53. The van der Waals surface area contributed by atoms with E-state index in [1.54, 1.807) is 0 Å². The van der Waals surface area contributed by atoms with Crippen LogP contribution in [0.4, 0.5) is 0 Å². The Morgan fingerprint density at radius 2 is 2.06 bits per heavy atom. The first-order valence-electron chi connectivity index (χ1n) is 6.60. The van der Waals surface area contributed by atoms with Crippen LogP contribution in [0.15, 0.2) is 24.3 Å². The molecule has 1 aliphatic carbocycles. The van der Waals surface area contributed by atoms with E-state index in [9.17, 15) is 5.26 Å². The molecule has 17 heavy (non-hydrogen) atoms. The molecule has 90 valence electrons. The topological polar surface area (TPSA) is 23.8 Å². The van der Waals surface area contributed by atoms with Crippen molar-refractivity contribution in [1.82, 2.24) is 0 Å². The van der Waals surface area contributed by atoms with Crippen LogP contribution in [-0.2, 0) is 6.42 Å². The van der Waals surface area contributed by atoms with Crippen molar-refractivity contribution in [3.8, 4) is 6.07 Å². The highest BCUT2D eigenvalue weighted by atomic mass is 14.4. The van der Waals surface area contributed by atoms with E-state index in [0.29, 0.717) is 5.92 Å². The van der Waals surface area contributed by atoms with Gasteiger partial charge in [-0.2, -0.15) is 5.26 Å². The molecule has 0 aliphatic heterocycles. The molecule has 0 spiro atoms. The lowest BCUT2D eigenvalue weighted by atomic mass is 9.68. The quantitative estimate of drug-likeness (QED) is 0.740. The molecule has 2 atom stereocenters. The van der Waals surface area contributed by atoms with E-state index >= 15 is 0 Å². The van der Waals surface area contributed by atoms with Gasteiger partial charge in [0.15, 0.2) is 0 Å². The van der Waals surface area contributed by atoms with Crippen molar-refractivity contribution < 1.29 is 0 Å². The summed E-state index contributed by atoms with van der Waals surface area (Å²) < 4.78 is 0. The van der Waals surface area contributed by atoms with Crippen molar-refractivity contribution >= 4 is 0 Å². The number of rotatable bonds is 2. The first-order chi connectivity index (χ1) is 8.13. The van der Waals surface area contributed by atoms with Gasteiger partial charge in [0.2, 0.25) is 0 Å². The number of nitriles is 1. The monoisotopic (exact) mass is 227 g/mol. The minimum atomic E-state index is -0.104. The molecule has 0 heterocycles. The van der Waals surface area contributed by atoms with Gasteiger partial charge in [0.25, 0.3) is 0 Å². The average molecular weight is 227 g/mol. The lowest BCUT2D eigenvalue weighted by Crippen LogP contribution is -2.28. The Balaban J connectivity index is 2.14. The number of benzene rings is 1. The Kier molecular flexibility index (Phi) is 3.52. The number of aryl methyl sites for hydroxylation is 1. The predicted molar refractivity (Wildman–Crippen MR) is 70.6 cm³/mol. The zero-order valence-electron chi connectivity index (χ0n) is 10.9. The van der Waals surface area contributed by atoms with Crippen LogP contribution in [0.1, 0.15) is 43.7 Å². The molecule has 1 heteroatoms. The van der Waals surface area contributed by atoms with Crippen LogP contribution >= 0.6 is 0 Å². The summed E-state index contributed by atoms with van der Waals surface area (Å²) in [6.45, 7) is 4.38. The highest BCUT2D eigenvalue weighted by molar-refractivity contribution is 5.24. The second kappa shape index (κ2) is 4.92. The number of hydrogen-bond acceptors (Lipinski definition) is 1. The summed E-state index contributed by atoms with van der Waals surface area (Å²) in [6, 6.07) is 11.3. The standard InChI is InChI=1S/C16H21N/c1-13-5-7-15(8-6-13)11-16(12-17)9-3-4-14(2)10-16/h5-8,14H,3-4,9-11H2,1-2H3. The predicted octanol–water partition coefficient (Wildman–Crippen LogP) is 4.26. The molecule has 0 bridgehead atoms. The highest BCUT2D eigenvalue weighted by Gasteiger charge is 2.35. The molecule has 1 aromatic rings. The van der Waals surface area contributed by atoms with Crippen LogP contribution in [0.3, 0.4) is 0 Å². The molecule has 0 aromatic heterocycles. The Bertz CT molecular complexity index is 412. The van der Waals surface area contributed by atoms with Gasteiger partial charge in [0.05, 0.1) is 11.5 Å². The van der Waals surface area contributed by atoms with Crippen LogP contribution in [0.25, 0.3) is 0 Å². The number of nitrogens with zero attached hydrogens (tertiary/aromatic N) is 1. The van der Waals surface area contributed by atoms with E-state index in [-0.39, 0.29) is 5.41 Å².